The molecule has 0 amide bonds. The molecule has 38 heavy (non-hydrogen) atoms. The fourth-order valence-corrected chi connectivity index (χ4v) is 4.55. The van der Waals surface area contributed by atoms with Crippen LogP contribution >= 0.6 is 15.9 Å². The van der Waals surface area contributed by atoms with E-state index in [2.05, 4.69) is 46.2 Å². The van der Waals surface area contributed by atoms with Gasteiger partial charge in [0.05, 0.1) is 32.1 Å². The average Bonchev–Trinajstić information content (AvgIpc) is 3.49. The van der Waals surface area contributed by atoms with E-state index < -0.39 is 5.97 Å². The second kappa shape index (κ2) is 12.2. The largest absolute Gasteiger partial charge is 0.493 e. The first-order chi connectivity index (χ1) is 18.6. The highest BCUT2D eigenvalue weighted by molar-refractivity contribution is 9.10. The predicted molar refractivity (Wildman–Crippen MR) is 148 cm³/mol. The Kier molecular flexibility index (Phi) is 8.29. The summed E-state index contributed by atoms with van der Waals surface area (Å²) in [5.41, 5.74) is 4.10. The van der Waals surface area contributed by atoms with Crippen molar-refractivity contribution in [2.45, 2.75) is 12.8 Å². The molecule has 2 aromatic carbocycles. The minimum atomic E-state index is -0.479. The fraction of sp³-hybridized carbons (Fsp3) is 0.346. The Morgan fingerprint density at radius 2 is 1.74 bits per heavy atom. The van der Waals surface area contributed by atoms with Crippen molar-refractivity contribution in [3.8, 4) is 11.5 Å². The number of benzene rings is 2. The molecule has 0 radical (unpaired) electrons. The summed E-state index contributed by atoms with van der Waals surface area (Å²) in [5.74, 6) is 1.86. The molecule has 198 valence electrons. The molecule has 2 aliphatic rings. The van der Waals surface area contributed by atoms with Gasteiger partial charge in [-0.15, -0.1) is 0 Å². The van der Waals surface area contributed by atoms with Gasteiger partial charge >= 0.3 is 5.97 Å². The summed E-state index contributed by atoms with van der Waals surface area (Å²) < 4.78 is 17.3. The monoisotopic (exact) mass is 581 g/mol. The number of halogens is 1. The number of anilines is 3. The first-order valence-electron chi connectivity index (χ1n) is 12.4. The number of carbonyl (C=O) groups is 1. The van der Waals surface area contributed by atoms with Crippen molar-refractivity contribution in [3.05, 3.63) is 58.1 Å². The van der Waals surface area contributed by atoms with Gasteiger partial charge in [-0.1, -0.05) is 22.0 Å². The molecule has 2 saturated heterocycles. The maximum atomic E-state index is 12.5. The number of ether oxygens (including phenoxy) is 3. The third-order valence-electron chi connectivity index (χ3n) is 6.12. The van der Waals surface area contributed by atoms with Crippen molar-refractivity contribution in [1.29, 1.82) is 0 Å². The number of methoxy groups -OCH3 is 1. The number of morpholine rings is 1. The first-order valence-corrected chi connectivity index (χ1v) is 13.2. The molecular formula is C26H28BrN7O4. The summed E-state index contributed by atoms with van der Waals surface area (Å²) in [6, 6.07) is 12.2. The van der Waals surface area contributed by atoms with Crippen LogP contribution in [-0.2, 0) is 4.74 Å². The van der Waals surface area contributed by atoms with E-state index in [0.717, 1.165) is 49.1 Å². The van der Waals surface area contributed by atoms with Gasteiger partial charge in [0.25, 0.3) is 0 Å². The Morgan fingerprint density at radius 3 is 2.45 bits per heavy atom. The molecule has 2 fully saturated rings. The van der Waals surface area contributed by atoms with Crippen LogP contribution in [0.3, 0.4) is 0 Å². The zero-order valence-electron chi connectivity index (χ0n) is 21.0. The number of nitrogens with one attached hydrogen (secondary N) is 1. The lowest BCUT2D eigenvalue weighted by Crippen LogP contribution is -2.38. The molecule has 1 aromatic heterocycles. The van der Waals surface area contributed by atoms with Gasteiger partial charge < -0.3 is 24.0 Å². The molecule has 0 bridgehead atoms. The van der Waals surface area contributed by atoms with E-state index in [4.69, 9.17) is 19.2 Å². The number of nitrogens with zero attached hydrogens (tertiary/aromatic N) is 6. The SMILES string of the molecule is COc1cc(C=NNc2nc(N3CCCC3)nc(N3CCOCC3)n2)ccc1OC(=O)c1cccc(Br)c1. The summed E-state index contributed by atoms with van der Waals surface area (Å²) in [4.78, 5) is 30.7. The molecule has 0 saturated carbocycles. The lowest BCUT2D eigenvalue weighted by Gasteiger charge is -2.27. The van der Waals surface area contributed by atoms with Crippen LogP contribution < -0.4 is 24.7 Å². The van der Waals surface area contributed by atoms with E-state index in [-0.39, 0.29) is 0 Å². The van der Waals surface area contributed by atoms with Gasteiger partial charge in [-0.25, -0.2) is 10.2 Å². The van der Waals surface area contributed by atoms with E-state index in [1.807, 2.05) is 6.07 Å². The summed E-state index contributed by atoms with van der Waals surface area (Å²) in [5, 5.41) is 4.33. The van der Waals surface area contributed by atoms with Crippen LogP contribution in [0.4, 0.5) is 17.8 Å². The quantitative estimate of drug-likeness (QED) is 0.182. The topological polar surface area (TPSA) is 114 Å². The summed E-state index contributed by atoms with van der Waals surface area (Å²) in [7, 11) is 1.52. The Morgan fingerprint density at radius 1 is 1.00 bits per heavy atom. The lowest BCUT2D eigenvalue weighted by molar-refractivity contribution is 0.0729. The second-order valence-corrected chi connectivity index (χ2v) is 9.65. The van der Waals surface area contributed by atoms with Crippen LogP contribution in [0, 0.1) is 0 Å². The third-order valence-corrected chi connectivity index (χ3v) is 6.62. The Balaban J connectivity index is 1.30. The maximum absolute atomic E-state index is 12.5. The second-order valence-electron chi connectivity index (χ2n) is 8.73. The molecule has 0 unspecified atom stereocenters. The highest BCUT2D eigenvalue weighted by Crippen LogP contribution is 2.29. The Bertz CT molecular complexity index is 1310. The van der Waals surface area contributed by atoms with E-state index in [9.17, 15) is 4.79 Å². The summed E-state index contributed by atoms with van der Waals surface area (Å²) in [6.45, 7) is 4.58. The highest BCUT2D eigenvalue weighted by Gasteiger charge is 2.21. The summed E-state index contributed by atoms with van der Waals surface area (Å²) >= 11 is 3.36. The zero-order chi connectivity index (χ0) is 26.3. The molecular weight excluding hydrogens is 554 g/mol. The van der Waals surface area contributed by atoms with E-state index in [0.29, 0.717) is 48.1 Å². The molecule has 0 spiro atoms. The number of hydrogen-bond acceptors (Lipinski definition) is 11. The smallest absolute Gasteiger partial charge is 0.343 e. The van der Waals surface area contributed by atoms with Gasteiger partial charge in [0, 0.05) is 30.7 Å². The molecule has 11 nitrogen and oxygen atoms in total. The van der Waals surface area contributed by atoms with Crippen molar-refractivity contribution >= 4 is 46.0 Å². The van der Waals surface area contributed by atoms with Crippen molar-refractivity contribution < 1.29 is 19.0 Å². The van der Waals surface area contributed by atoms with Gasteiger partial charge in [-0.3, -0.25) is 0 Å². The zero-order valence-corrected chi connectivity index (χ0v) is 22.6. The molecule has 5 rings (SSSR count). The van der Waals surface area contributed by atoms with Crippen LogP contribution in [0.1, 0.15) is 28.8 Å². The number of aromatic nitrogens is 3. The van der Waals surface area contributed by atoms with Crippen molar-refractivity contribution in [3.63, 3.8) is 0 Å². The van der Waals surface area contributed by atoms with Crippen LogP contribution in [-0.4, -0.2) is 73.6 Å². The third kappa shape index (κ3) is 6.37. The van der Waals surface area contributed by atoms with Gasteiger partial charge in [-0.2, -0.15) is 20.1 Å². The standard InChI is InChI=1S/C26H28BrN7O4/c1-36-22-15-18(7-8-21(22)38-23(35)19-5-4-6-20(27)16-19)17-28-32-24-29-25(33-9-2-3-10-33)31-26(30-24)34-11-13-37-14-12-34/h4-8,15-17H,2-3,9-14H2,1H3,(H,29,30,31,32). The summed E-state index contributed by atoms with van der Waals surface area (Å²) in [6.07, 6.45) is 3.86. The van der Waals surface area contributed by atoms with Gasteiger partial charge in [-0.05, 0) is 54.8 Å². The fourth-order valence-electron chi connectivity index (χ4n) is 4.15. The van der Waals surface area contributed by atoms with Crippen LogP contribution in [0.2, 0.25) is 0 Å². The lowest BCUT2D eigenvalue weighted by atomic mass is 10.2. The predicted octanol–water partition coefficient (Wildman–Crippen LogP) is 3.74. The highest BCUT2D eigenvalue weighted by atomic mass is 79.9. The van der Waals surface area contributed by atoms with Crippen LogP contribution in [0.15, 0.2) is 52.0 Å². The van der Waals surface area contributed by atoms with E-state index >= 15 is 0 Å². The van der Waals surface area contributed by atoms with Crippen molar-refractivity contribution in [1.82, 2.24) is 15.0 Å². The maximum Gasteiger partial charge on any atom is 0.343 e. The van der Waals surface area contributed by atoms with E-state index in [1.165, 1.54) is 7.11 Å². The molecule has 2 aliphatic heterocycles. The van der Waals surface area contributed by atoms with Crippen LogP contribution in [0.5, 0.6) is 11.5 Å². The molecule has 3 heterocycles. The van der Waals surface area contributed by atoms with Crippen LogP contribution in [0.25, 0.3) is 0 Å². The average molecular weight is 582 g/mol. The first kappa shape index (κ1) is 25.9. The molecule has 1 N–H and O–H groups in total. The van der Waals surface area contributed by atoms with Crippen molar-refractivity contribution in [2.24, 2.45) is 5.10 Å². The number of hydrogen-bond donors (Lipinski definition) is 1. The van der Waals surface area contributed by atoms with Gasteiger partial charge in [0.15, 0.2) is 11.5 Å². The minimum absolute atomic E-state index is 0.311. The van der Waals surface area contributed by atoms with Gasteiger partial charge in [0.1, 0.15) is 0 Å². The normalized spacial score (nSPS) is 15.6. The molecule has 3 aromatic rings. The number of hydrazone groups is 1. The molecule has 0 atom stereocenters. The number of esters is 1. The molecule has 0 aliphatic carbocycles. The Hall–Kier alpha value is -3.77. The van der Waals surface area contributed by atoms with E-state index in [1.54, 1.807) is 42.6 Å². The molecule has 12 heteroatoms. The van der Waals surface area contributed by atoms with Crippen molar-refractivity contribution in [2.75, 3.05) is 61.7 Å². The minimum Gasteiger partial charge on any atom is -0.493 e. The number of carbonyl (C=O) groups excluding carboxylic acids is 1. The Labute approximate surface area is 229 Å². The number of rotatable bonds is 8. The van der Waals surface area contributed by atoms with Gasteiger partial charge in [0.2, 0.25) is 17.8 Å².